The molecule has 0 aliphatic heterocycles. The Hall–Kier alpha value is -1.75. The van der Waals surface area contributed by atoms with Gasteiger partial charge in [-0.2, -0.15) is 0 Å². The summed E-state index contributed by atoms with van der Waals surface area (Å²) in [5.74, 6) is 1.86. The molecule has 0 atom stereocenters. The van der Waals surface area contributed by atoms with E-state index in [1.807, 2.05) is 25.2 Å². The van der Waals surface area contributed by atoms with Gasteiger partial charge in [-0.05, 0) is 31.9 Å². The quantitative estimate of drug-likeness (QED) is 0.753. The first-order valence-corrected chi connectivity index (χ1v) is 6.94. The number of para-hydroxylation sites is 1. The van der Waals surface area contributed by atoms with Crippen LogP contribution >= 0.6 is 0 Å². The van der Waals surface area contributed by atoms with Crippen LogP contribution in [0.1, 0.15) is 18.4 Å². The van der Waals surface area contributed by atoms with Gasteiger partial charge in [-0.25, -0.2) is 0 Å². The molecule has 1 aromatic rings. The van der Waals surface area contributed by atoms with E-state index in [9.17, 15) is 4.79 Å². The Morgan fingerprint density at radius 3 is 2.85 bits per heavy atom. The molecular formula is C15H22N2O3. The molecule has 1 saturated carbocycles. The van der Waals surface area contributed by atoms with Gasteiger partial charge in [-0.15, -0.1) is 0 Å². The second kappa shape index (κ2) is 7.14. The largest absolute Gasteiger partial charge is 0.493 e. The van der Waals surface area contributed by atoms with E-state index < -0.39 is 0 Å². The molecular weight excluding hydrogens is 256 g/mol. The molecule has 0 bridgehead atoms. The van der Waals surface area contributed by atoms with Crippen molar-refractivity contribution in [1.29, 1.82) is 0 Å². The van der Waals surface area contributed by atoms with Gasteiger partial charge in [0.1, 0.15) is 0 Å². The Bertz CT molecular complexity index is 458. The summed E-state index contributed by atoms with van der Waals surface area (Å²) >= 11 is 0. The number of carbonyl (C=O) groups excluding carboxylic acids is 1. The molecule has 0 spiro atoms. The molecule has 1 aliphatic rings. The fraction of sp³-hybridized carbons (Fsp3) is 0.533. The number of benzene rings is 1. The summed E-state index contributed by atoms with van der Waals surface area (Å²) in [4.78, 5) is 11.7. The Balaban J connectivity index is 1.93. The van der Waals surface area contributed by atoms with Crippen molar-refractivity contribution in [2.24, 2.45) is 5.92 Å². The Kier molecular flexibility index (Phi) is 5.24. The monoisotopic (exact) mass is 278 g/mol. The van der Waals surface area contributed by atoms with Crippen LogP contribution in [0.25, 0.3) is 0 Å². The van der Waals surface area contributed by atoms with Crippen LogP contribution in [-0.4, -0.2) is 33.2 Å². The molecule has 0 aromatic heterocycles. The Labute approximate surface area is 119 Å². The lowest BCUT2D eigenvalue weighted by Gasteiger charge is -2.14. The zero-order valence-corrected chi connectivity index (χ0v) is 12.1. The zero-order chi connectivity index (χ0) is 14.4. The maximum Gasteiger partial charge on any atom is 0.257 e. The summed E-state index contributed by atoms with van der Waals surface area (Å²) in [6, 6.07) is 5.69. The first-order valence-electron chi connectivity index (χ1n) is 6.94. The van der Waals surface area contributed by atoms with Crippen molar-refractivity contribution in [2.75, 3.05) is 27.3 Å². The summed E-state index contributed by atoms with van der Waals surface area (Å²) in [7, 11) is 3.46. The van der Waals surface area contributed by atoms with Gasteiger partial charge >= 0.3 is 0 Å². The number of methoxy groups -OCH3 is 1. The third-order valence-electron chi connectivity index (χ3n) is 3.28. The molecule has 0 unspecified atom stereocenters. The average molecular weight is 278 g/mol. The molecule has 20 heavy (non-hydrogen) atoms. The summed E-state index contributed by atoms with van der Waals surface area (Å²) < 4.78 is 10.9. The van der Waals surface area contributed by atoms with Crippen molar-refractivity contribution in [2.45, 2.75) is 19.4 Å². The highest BCUT2D eigenvalue weighted by molar-refractivity contribution is 5.77. The van der Waals surface area contributed by atoms with Gasteiger partial charge in [0.25, 0.3) is 5.91 Å². The van der Waals surface area contributed by atoms with Gasteiger partial charge in [0.15, 0.2) is 18.1 Å². The normalized spacial score (nSPS) is 13.9. The molecule has 5 nitrogen and oxygen atoms in total. The number of ether oxygens (including phenoxy) is 2. The van der Waals surface area contributed by atoms with Crippen LogP contribution in [-0.2, 0) is 11.3 Å². The number of rotatable bonds is 8. The highest BCUT2D eigenvalue weighted by Crippen LogP contribution is 2.31. The second-order valence-electron chi connectivity index (χ2n) is 5.01. The fourth-order valence-electron chi connectivity index (χ4n) is 1.98. The van der Waals surface area contributed by atoms with Gasteiger partial charge in [0.2, 0.25) is 0 Å². The number of carbonyl (C=O) groups is 1. The van der Waals surface area contributed by atoms with E-state index in [-0.39, 0.29) is 12.5 Å². The minimum absolute atomic E-state index is 0.0177. The molecule has 5 heteroatoms. The van der Waals surface area contributed by atoms with E-state index in [0.717, 1.165) is 12.1 Å². The van der Waals surface area contributed by atoms with Crippen molar-refractivity contribution >= 4 is 5.91 Å². The predicted molar refractivity (Wildman–Crippen MR) is 77.0 cm³/mol. The van der Waals surface area contributed by atoms with E-state index in [1.54, 1.807) is 7.11 Å². The molecule has 1 amide bonds. The van der Waals surface area contributed by atoms with E-state index in [2.05, 4.69) is 10.6 Å². The first-order chi connectivity index (χ1) is 9.74. The molecule has 2 rings (SSSR count). The third-order valence-corrected chi connectivity index (χ3v) is 3.28. The standard InChI is InChI=1S/C15H22N2O3/c1-16-9-12-4-3-5-13(19-2)15(12)20-10-14(18)17-8-11-6-7-11/h3-5,11,16H,6-10H2,1-2H3,(H,17,18). The highest BCUT2D eigenvalue weighted by Gasteiger charge is 2.21. The lowest BCUT2D eigenvalue weighted by molar-refractivity contribution is -0.123. The highest BCUT2D eigenvalue weighted by atomic mass is 16.5. The van der Waals surface area contributed by atoms with E-state index in [1.165, 1.54) is 12.8 Å². The zero-order valence-electron chi connectivity index (χ0n) is 12.1. The van der Waals surface area contributed by atoms with Crippen molar-refractivity contribution in [1.82, 2.24) is 10.6 Å². The predicted octanol–water partition coefficient (Wildman–Crippen LogP) is 1.32. The van der Waals surface area contributed by atoms with Crippen LogP contribution in [0.2, 0.25) is 0 Å². The van der Waals surface area contributed by atoms with Gasteiger partial charge in [0, 0.05) is 18.7 Å². The molecule has 0 saturated heterocycles. The molecule has 1 aromatic carbocycles. The lowest BCUT2D eigenvalue weighted by Crippen LogP contribution is -2.30. The van der Waals surface area contributed by atoms with Crippen molar-refractivity contribution < 1.29 is 14.3 Å². The molecule has 0 radical (unpaired) electrons. The van der Waals surface area contributed by atoms with Crippen molar-refractivity contribution in [3.05, 3.63) is 23.8 Å². The number of nitrogens with one attached hydrogen (secondary N) is 2. The van der Waals surface area contributed by atoms with Gasteiger partial charge in [-0.3, -0.25) is 4.79 Å². The minimum Gasteiger partial charge on any atom is -0.493 e. The molecule has 1 fully saturated rings. The Morgan fingerprint density at radius 2 is 2.20 bits per heavy atom. The molecule has 2 N–H and O–H groups in total. The summed E-state index contributed by atoms with van der Waals surface area (Å²) in [6.07, 6.45) is 2.44. The van der Waals surface area contributed by atoms with Gasteiger partial charge in [-0.1, -0.05) is 12.1 Å². The van der Waals surface area contributed by atoms with Crippen LogP contribution in [0.5, 0.6) is 11.5 Å². The summed E-state index contributed by atoms with van der Waals surface area (Å²) in [6.45, 7) is 1.44. The number of hydrogen-bond acceptors (Lipinski definition) is 4. The maximum atomic E-state index is 11.7. The average Bonchev–Trinajstić information content (AvgIpc) is 3.28. The van der Waals surface area contributed by atoms with Crippen LogP contribution in [0, 0.1) is 5.92 Å². The van der Waals surface area contributed by atoms with Crippen molar-refractivity contribution in [3.63, 3.8) is 0 Å². The maximum absolute atomic E-state index is 11.7. The second-order valence-corrected chi connectivity index (χ2v) is 5.01. The molecule has 110 valence electrons. The third kappa shape index (κ3) is 4.13. The SMILES string of the molecule is CNCc1cccc(OC)c1OCC(=O)NCC1CC1. The van der Waals surface area contributed by atoms with Crippen LogP contribution in [0.3, 0.4) is 0 Å². The van der Waals surface area contributed by atoms with Crippen LogP contribution in [0.15, 0.2) is 18.2 Å². The fourth-order valence-corrected chi connectivity index (χ4v) is 1.98. The minimum atomic E-state index is -0.0850. The topological polar surface area (TPSA) is 59.6 Å². The first kappa shape index (κ1) is 14.7. The van der Waals surface area contributed by atoms with Crippen LogP contribution < -0.4 is 20.1 Å². The van der Waals surface area contributed by atoms with E-state index in [4.69, 9.17) is 9.47 Å². The van der Waals surface area contributed by atoms with Gasteiger partial charge < -0.3 is 20.1 Å². The number of amides is 1. The van der Waals surface area contributed by atoms with Gasteiger partial charge in [0.05, 0.1) is 7.11 Å². The Morgan fingerprint density at radius 1 is 1.40 bits per heavy atom. The van der Waals surface area contributed by atoms with E-state index >= 15 is 0 Å². The summed E-state index contributed by atoms with van der Waals surface area (Å²) in [5.41, 5.74) is 0.974. The lowest BCUT2D eigenvalue weighted by atomic mass is 10.2. The molecule has 1 aliphatic carbocycles. The van der Waals surface area contributed by atoms with Crippen molar-refractivity contribution in [3.8, 4) is 11.5 Å². The number of hydrogen-bond donors (Lipinski definition) is 2. The molecule has 0 heterocycles. The summed E-state index contributed by atoms with van der Waals surface area (Å²) in [5, 5.41) is 5.96. The smallest absolute Gasteiger partial charge is 0.257 e. The van der Waals surface area contributed by atoms with E-state index in [0.29, 0.717) is 24.0 Å². The van der Waals surface area contributed by atoms with Crippen LogP contribution in [0.4, 0.5) is 0 Å².